The summed E-state index contributed by atoms with van der Waals surface area (Å²) in [5, 5.41) is 14.7. The maximum atomic E-state index is 12.7. The van der Waals surface area contributed by atoms with Gasteiger partial charge in [-0.1, -0.05) is 34.8 Å². The van der Waals surface area contributed by atoms with Crippen LogP contribution >= 0.6 is 34.8 Å². The van der Waals surface area contributed by atoms with Gasteiger partial charge in [0, 0.05) is 6.20 Å². The zero-order valence-electron chi connectivity index (χ0n) is 11.3. The first-order valence-corrected chi connectivity index (χ1v) is 7.20. The Morgan fingerprint density at radius 3 is 2.54 bits per heavy atom. The number of aromatic nitrogens is 3. The fourth-order valence-electron chi connectivity index (χ4n) is 1.62. The van der Waals surface area contributed by atoms with Crippen molar-refractivity contribution in [3.63, 3.8) is 0 Å². The van der Waals surface area contributed by atoms with Crippen molar-refractivity contribution in [3.05, 3.63) is 34.6 Å². The molecule has 0 unspecified atom stereocenters. The average molecular weight is 399 g/mol. The normalized spacial score (nSPS) is 11.4. The lowest BCUT2D eigenvalue weighted by atomic mass is 10.2. The van der Waals surface area contributed by atoms with Gasteiger partial charge in [-0.15, -0.1) is 0 Å². The number of nitrogens with one attached hydrogen (secondary N) is 1. The second kappa shape index (κ2) is 6.84. The summed E-state index contributed by atoms with van der Waals surface area (Å²) in [5.74, 6) is -1.26. The fraction of sp³-hybridized carbons (Fsp3) is 0.167. The smallest absolute Gasteiger partial charge is 0.307 e. The maximum Gasteiger partial charge on any atom is 0.417 e. The Balaban J connectivity index is 2.52. The van der Waals surface area contributed by atoms with Crippen LogP contribution in [0.3, 0.4) is 0 Å². The monoisotopic (exact) mass is 397 g/mol. The SMILES string of the molecule is N#Cc1cnn(-c2ncc(C(F)(F)F)cc2Cl)c1NC(=O)C(Cl)Cl. The third kappa shape index (κ3) is 3.72. The standard InChI is InChI=1S/C12H5Cl3F3N5O/c13-7-1-6(12(16,17)18)4-20-10(7)23-9(5(2-19)3-21-23)22-11(24)8(14)15/h1,3-4,8H,(H,22,24). The summed E-state index contributed by atoms with van der Waals surface area (Å²) in [4.78, 5) is 13.8. The van der Waals surface area contributed by atoms with E-state index < -0.39 is 22.5 Å². The van der Waals surface area contributed by atoms with Gasteiger partial charge in [0.1, 0.15) is 11.6 Å². The van der Waals surface area contributed by atoms with Gasteiger partial charge in [0.15, 0.2) is 16.5 Å². The predicted molar refractivity (Wildman–Crippen MR) is 80.2 cm³/mol. The van der Waals surface area contributed by atoms with Gasteiger partial charge in [0.25, 0.3) is 5.91 Å². The summed E-state index contributed by atoms with van der Waals surface area (Å²) in [5.41, 5.74) is -1.15. The van der Waals surface area contributed by atoms with E-state index in [0.717, 1.165) is 10.9 Å². The van der Waals surface area contributed by atoms with E-state index in [4.69, 9.17) is 40.1 Å². The van der Waals surface area contributed by atoms with E-state index in [2.05, 4.69) is 15.4 Å². The number of anilines is 1. The maximum absolute atomic E-state index is 12.7. The van der Waals surface area contributed by atoms with E-state index in [0.29, 0.717) is 12.3 Å². The highest BCUT2D eigenvalue weighted by atomic mass is 35.5. The van der Waals surface area contributed by atoms with Gasteiger partial charge >= 0.3 is 6.18 Å². The number of carbonyl (C=O) groups excluding carboxylic acids is 1. The molecule has 6 nitrogen and oxygen atoms in total. The van der Waals surface area contributed by atoms with Crippen LogP contribution in [0.1, 0.15) is 11.1 Å². The number of nitriles is 1. The van der Waals surface area contributed by atoms with E-state index in [1.807, 2.05) is 0 Å². The van der Waals surface area contributed by atoms with Crippen LogP contribution in [0.2, 0.25) is 5.02 Å². The first-order valence-electron chi connectivity index (χ1n) is 5.95. The number of nitrogens with zero attached hydrogens (tertiary/aromatic N) is 4. The molecule has 0 fully saturated rings. The highest BCUT2D eigenvalue weighted by Crippen LogP contribution is 2.32. The molecular formula is C12H5Cl3F3N5O. The highest BCUT2D eigenvalue weighted by Gasteiger charge is 2.32. The number of pyridine rings is 1. The molecule has 2 heterocycles. The van der Waals surface area contributed by atoms with Crippen LogP contribution in [0.15, 0.2) is 18.5 Å². The quantitative estimate of drug-likeness (QED) is 0.802. The molecule has 12 heteroatoms. The molecule has 0 radical (unpaired) electrons. The molecule has 0 aromatic carbocycles. The van der Waals surface area contributed by atoms with Crippen molar-refractivity contribution in [2.45, 2.75) is 11.0 Å². The minimum atomic E-state index is -4.63. The van der Waals surface area contributed by atoms with Gasteiger partial charge in [-0.05, 0) is 6.07 Å². The third-order valence-corrected chi connectivity index (χ3v) is 3.35. The van der Waals surface area contributed by atoms with Crippen molar-refractivity contribution >= 4 is 46.5 Å². The largest absolute Gasteiger partial charge is 0.417 e. The van der Waals surface area contributed by atoms with E-state index in [1.54, 1.807) is 6.07 Å². The Bertz CT molecular complexity index is 828. The van der Waals surface area contributed by atoms with Crippen molar-refractivity contribution in [3.8, 4) is 11.9 Å². The Morgan fingerprint density at radius 2 is 2.04 bits per heavy atom. The van der Waals surface area contributed by atoms with Crippen molar-refractivity contribution in [1.82, 2.24) is 14.8 Å². The van der Waals surface area contributed by atoms with Crippen LogP contribution in [0.4, 0.5) is 19.0 Å². The number of hydrogen-bond donors (Lipinski definition) is 1. The second-order valence-corrected chi connectivity index (χ2v) is 5.75. The Labute approximate surface area is 147 Å². The zero-order valence-corrected chi connectivity index (χ0v) is 13.5. The summed E-state index contributed by atoms with van der Waals surface area (Å²) in [6.45, 7) is 0. The summed E-state index contributed by atoms with van der Waals surface area (Å²) in [7, 11) is 0. The fourth-order valence-corrected chi connectivity index (χ4v) is 1.98. The predicted octanol–water partition coefficient (Wildman–Crippen LogP) is 3.55. The summed E-state index contributed by atoms with van der Waals surface area (Å²) in [6.07, 6.45) is -3.01. The molecule has 0 aliphatic carbocycles. The molecule has 0 aliphatic heterocycles. The topological polar surface area (TPSA) is 83.6 Å². The minimum absolute atomic E-state index is 0.0879. The van der Waals surface area contributed by atoms with Crippen molar-refractivity contribution in [1.29, 1.82) is 5.26 Å². The van der Waals surface area contributed by atoms with Gasteiger partial charge in [-0.2, -0.15) is 28.2 Å². The molecular weight excluding hydrogens is 394 g/mol. The first kappa shape index (κ1) is 18.3. The molecule has 2 aromatic rings. The van der Waals surface area contributed by atoms with Crippen LogP contribution < -0.4 is 5.32 Å². The minimum Gasteiger partial charge on any atom is -0.307 e. The Hall–Kier alpha value is -2.02. The molecule has 0 aliphatic rings. The van der Waals surface area contributed by atoms with Crippen LogP contribution in [0.5, 0.6) is 0 Å². The van der Waals surface area contributed by atoms with Gasteiger partial charge in [-0.25, -0.2) is 4.98 Å². The average Bonchev–Trinajstić information content (AvgIpc) is 2.88. The second-order valence-electron chi connectivity index (χ2n) is 4.25. The van der Waals surface area contributed by atoms with Gasteiger partial charge in [-0.3, -0.25) is 4.79 Å². The van der Waals surface area contributed by atoms with Crippen LogP contribution in [0.25, 0.3) is 5.82 Å². The molecule has 0 spiro atoms. The summed E-state index contributed by atoms with van der Waals surface area (Å²) < 4.78 is 38.8. The Morgan fingerprint density at radius 1 is 1.38 bits per heavy atom. The van der Waals surface area contributed by atoms with Crippen LogP contribution in [-0.2, 0) is 11.0 Å². The van der Waals surface area contributed by atoms with Gasteiger partial charge in [0.05, 0.1) is 16.8 Å². The first-order chi connectivity index (χ1) is 11.1. The molecule has 0 saturated heterocycles. The number of amides is 1. The van der Waals surface area contributed by atoms with Crippen molar-refractivity contribution in [2.24, 2.45) is 0 Å². The molecule has 126 valence electrons. The molecule has 0 atom stereocenters. The summed E-state index contributed by atoms with van der Waals surface area (Å²) in [6, 6.07) is 2.40. The Kier molecular flexibility index (Phi) is 5.22. The molecule has 1 amide bonds. The number of halogens is 6. The molecule has 0 bridgehead atoms. The van der Waals surface area contributed by atoms with E-state index >= 15 is 0 Å². The van der Waals surface area contributed by atoms with E-state index in [1.165, 1.54) is 0 Å². The van der Waals surface area contributed by atoms with Crippen LogP contribution in [0, 0.1) is 11.3 Å². The molecule has 1 N–H and O–H groups in total. The zero-order chi connectivity index (χ0) is 18.1. The number of carbonyl (C=O) groups is 1. The van der Waals surface area contributed by atoms with E-state index in [-0.39, 0.29) is 22.2 Å². The van der Waals surface area contributed by atoms with E-state index in [9.17, 15) is 18.0 Å². The number of alkyl halides is 5. The lowest BCUT2D eigenvalue weighted by Crippen LogP contribution is -2.21. The van der Waals surface area contributed by atoms with Gasteiger partial charge < -0.3 is 5.32 Å². The van der Waals surface area contributed by atoms with Crippen LogP contribution in [-0.4, -0.2) is 25.5 Å². The summed E-state index contributed by atoms with van der Waals surface area (Å²) >= 11 is 16.7. The number of rotatable bonds is 3. The molecule has 2 aromatic heterocycles. The lowest BCUT2D eigenvalue weighted by Gasteiger charge is -2.12. The lowest BCUT2D eigenvalue weighted by molar-refractivity contribution is -0.137. The molecule has 0 saturated carbocycles. The number of hydrogen-bond acceptors (Lipinski definition) is 4. The highest BCUT2D eigenvalue weighted by molar-refractivity contribution is 6.54. The molecule has 2 rings (SSSR count). The van der Waals surface area contributed by atoms with Gasteiger partial charge in [0.2, 0.25) is 0 Å². The van der Waals surface area contributed by atoms with Crippen molar-refractivity contribution < 1.29 is 18.0 Å². The third-order valence-electron chi connectivity index (χ3n) is 2.68. The molecule has 24 heavy (non-hydrogen) atoms. The van der Waals surface area contributed by atoms with Crippen molar-refractivity contribution in [2.75, 3.05) is 5.32 Å².